The zero-order valence-corrected chi connectivity index (χ0v) is 18.1. The monoisotopic (exact) mass is 435 g/mol. The average molecular weight is 436 g/mol. The molecular weight excluding hydrogens is 410 g/mol. The van der Waals surface area contributed by atoms with Gasteiger partial charge >= 0.3 is 0 Å². The van der Waals surface area contributed by atoms with Gasteiger partial charge in [0.05, 0.1) is 10.1 Å². The van der Waals surface area contributed by atoms with Crippen LogP contribution in [0.2, 0.25) is 0 Å². The Morgan fingerprint density at radius 3 is 2.45 bits per heavy atom. The second-order valence-corrected chi connectivity index (χ2v) is 10.2. The molecule has 29 heavy (non-hydrogen) atoms. The molecule has 3 N–H and O–H groups in total. The lowest BCUT2D eigenvalue weighted by Crippen LogP contribution is -2.35. The lowest BCUT2D eigenvalue weighted by molar-refractivity contribution is -0.115. The SMILES string of the molecule is Cc1cc(N)nc(SC(C)C(=O)Nc2ccc(S(=O)(=O)N3CCCCC3)cc2)n1. The third-order valence-corrected chi connectivity index (χ3v) is 7.45. The van der Waals surface area contributed by atoms with Gasteiger partial charge in [-0.05, 0) is 51.0 Å². The van der Waals surface area contributed by atoms with Crippen LogP contribution in [0.4, 0.5) is 11.5 Å². The van der Waals surface area contributed by atoms with E-state index < -0.39 is 15.3 Å². The number of anilines is 2. The number of hydrogen-bond donors (Lipinski definition) is 2. The van der Waals surface area contributed by atoms with Crippen molar-refractivity contribution in [2.24, 2.45) is 0 Å². The predicted octanol–water partition coefficient (Wildman–Crippen LogP) is 2.66. The van der Waals surface area contributed by atoms with Crippen molar-refractivity contribution in [3.63, 3.8) is 0 Å². The number of carbonyl (C=O) groups is 1. The highest BCUT2D eigenvalue weighted by Gasteiger charge is 2.26. The van der Waals surface area contributed by atoms with Gasteiger partial charge in [-0.3, -0.25) is 4.79 Å². The zero-order chi connectivity index (χ0) is 21.0. The molecular formula is C19H25N5O3S2. The minimum Gasteiger partial charge on any atom is -0.384 e. The van der Waals surface area contributed by atoms with Crippen molar-refractivity contribution in [2.45, 2.75) is 48.4 Å². The molecule has 0 spiro atoms. The van der Waals surface area contributed by atoms with Gasteiger partial charge in [-0.25, -0.2) is 18.4 Å². The van der Waals surface area contributed by atoms with Crippen molar-refractivity contribution in [1.82, 2.24) is 14.3 Å². The first-order valence-corrected chi connectivity index (χ1v) is 11.8. The van der Waals surface area contributed by atoms with Gasteiger partial charge in [-0.15, -0.1) is 0 Å². The van der Waals surface area contributed by atoms with E-state index in [2.05, 4.69) is 15.3 Å². The maximum Gasteiger partial charge on any atom is 0.243 e. The highest BCUT2D eigenvalue weighted by molar-refractivity contribution is 8.00. The van der Waals surface area contributed by atoms with Gasteiger partial charge in [-0.1, -0.05) is 18.2 Å². The minimum atomic E-state index is -3.48. The number of amides is 1. The molecule has 0 aliphatic carbocycles. The Balaban J connectivity index is 1.63. The Kier molecular flexibility index (Phi) is 6.76. The fourth-order valence-electron chi connectivity index (χ4n) is 3.04. The van der Waals surface area contributed by atoms with Gasteiger partial charge in [0.2, 0.25) is 15.9 Å². The van der Waals surface area contributed by atoms with Gasteiger partial charge in [-0.2, -0.15) is 4.31 Å². The molecule has 0 radical (unpaired) electrons. The highest BCUT2D eigenvalue weighted by atomic mass is 32.2. The molecule has 10 heteroatoms. The molecule has 1 unspecified atom stereocenters. The minimum absolute atomic E-state index is 0.231. The van der Waals surface area contributed by atoms with E-state index in [4.69, 9.17) is 5.73 Å². The number of nitrogens with two attached hydrogens (primary N) is 1. The number of rotatable bonds is 6. The first kappa shape index (κ1) is 21.5. The van der Waals surface area contributed by atoms with Gasteiger partial charge in [0, 0.05) is 30.5 Å². The second-order valence-electron chi connectivity index (χ2n) is 6.96. The number of carbonyl (C=O) groups excluding carboxylic acids is 1. The molecule has 1 fully saturated rings. The molecule has 8 nitrogen and oxygen atoms in total. The van der Waals surface area contributed by atoms with Crippen LogP contribution in [0.1, 0.15) is 31.9 Å². The second kappa shape index (κ2) is 9.10. The van der Waals surface area contributed by atoms with E-state index in [1.807, 2.05) is 6.92 Å². The smallest absolute Gasteiger partial charge is 0.243 e. The van der Waals surface area contributed by atoms with Crippen molar-refractivity contribution >= 4 is 39.2 Å². The molecule has 2 aromatic rings. The van der Waals surface area contributed by atoms with Crippen LogP contribution in [0.15, 0.2) is 40.4 Å². The van der Waals surface area contributed by atoms with Gasteiger partial charge in [0.25, 0.3) is 0 Å². The molecule has 1 atom stereocenters. The van der Waals surface area contributed by atoms with Crippen molar-refractivity contribution in [2.75, 3.05) is 24.1 Å². The van der Waals surface area contributed by atoms with Gasteiger partial charge in [0.15, 0.2) is 5.16 Å². The van der Waals surface area contributed by atoms with Crippen LogP contribution in [0, 0.1) is 6.92 Å². The van der Waals surface area contributed by atoms with Crippen molar-refractivity contribution in [3.05, 3.63) is 36.0 Å². The molecule has 1 amide bonds. The number of aryl methyl sites for hydroxylation is 1. The lowest BCUT2D eigenvalue weighted by Gasteiger charge is -2.25. The molecule has 2 heterocycles. The number of hydrogen-bond acceptors (Lipinski definition) is 7. The summed E-state index contributed by atoms with van der Waals surface area (Å²) in [6.07, 6.45) is 2.84. The number of nitrogens with one attached hydrogen (secondary N) is 1. The van der Waals surface area contributed by atoms with E-state index in [1.165, 1.54) is 28.2 Å². The predicted molar refractivity (Wildman–Crippen MR) is 114 cm³/mol. The molecule has 1 aromatic carbocycles. The molecule has 0 saturated carbocycles. The third kappa shape index (κ3) is 5.46. The first-order valence-electron chi connectivity index (χ1n) is 9.44. The Morgan fingerprint density at radius 2 is 1.83 bits per heavy atom. The number of benzene rings is 1. The standard InChI is InChI=1S/C19H25N5O3S2/c1-13-12-17(20)23-19(21-13)28-14(2)18(25)22-15-6-8-16(9-7-15)29(26,27)24-10-4-3-5-11-24/h6-9,12,14H,3-5,10-11H2,1-2H3,(H,22,25)(H2,20,21,23). The summed E-state index contributed by atoms with van der Waals surface area (Å²) in [7, 11) is -3.48. The number of thioether (sulfide) groups is 1. The Labute approximate surface area is 175 Å². The van der Waals surface area contributed by atoms with Crippen LogP contribution in [0.3, 0.4) is 0 Å². The fraction of sp³-hybridized carbons (Fsp3) is 0.421. The quantitative estimate of drug-likeness (QED) is 0.529. The van der Waals surface area contributed by atoms with Gasteiger partial charge in [0.1, 0.15) is 5.82 Å². The van der Waals surface area contributed by atoms with Crippen LogP contribution >= 0.6 is 11.8 Å². The summed E-state index contributed by atoms with van der Waals surface area (Å²) in [6.45, 7) is 4.67. The molecule has 156 valence electrons. The van der Waals surface area contributed by atoms with Crippen LogP contribution < -0.4 is 11.1 Å². The average Bonchev–Trinajstić information content (AvgIpc) is 2.68. The number of nitrogens with zero attached hydrogens (tertiary/aromatic N) is 3. The molecule has 3 rings (SSSR count). The summed E-state index contributed by atoms with van der Waals surface area (Å²) in [5.74, 6) is 0.128. The van der Waals surface area contributed by atoms with Crippen LogP contribution in [-0.4, -0.2) is 46.9 Å². The summed E-state index contributed by atoms with van der Waals surface area (Å²) in [5.41, 5.74) is 6.99. The molecule has 1 saturated heterocycles. The van der Waals surface area contributed by atoms with Crippen LogP contribution in [0.25, 0.3) is 0 Å². The Bertz CT molecular complexity index is 954. The van der Waals surface area contributed by atoms with Crippen molar-refractivity contribution in [3.8, 4) is 0 Å². The van der Waals surface area contributed by atoms with Gasteiger partial charge < -0.3 is 11.1 Å². The highest BCUT2D eigenvalue weighted by Crippen LogP contribution is 2.24. The lowest BCUT2D eigenvalue weighted by atomic mass is 10.2. The third-order valence-electron chi connectivity index (χ3n) is 4.58. The largest absolute Gasteiger partial charge is 0.384 e. The van der Waals surface area contributed by atoms with Crippen molar-refractivity contribution in [1.29, 1.82) is 0 Å². The summed E-state index contributed by atoms with van der Waals surface area (Å²) in [6, 6.07) is 7.93. The fourth-order valence-corrected chi connectivity index (χ4v) is 5.39. The molecule has 1 aromatic heterocycles. The molecule has 0 bridgehead atoms. The number of nitrogen functional groups attached to an aromatic ring is 1. The molecule has 1 aliphatic heterocycles. The maximum atomic E-state index is 12.7. The van der Waals surface area contributed by atoms with Crippen LogP contribution in [0.5, 0.6) is 0 Å². The first-order chi connectivity index (χ1) is 13.8. The number of aromatic nitrogens is 2. The van der Waals surface area contributed by atoms with E-state index in [0.717, 1.165) is 25.0 Å². The van der Waals surface area contributed by atoms with E-state index >= 15 is 0 Å². The normalized spacial score (nSPS) is 16.3. The maximum absolute atomic E-state index is 12.7. The van der Waals surface area contributed by atoms with E-state index in [1.54, 1.807) is 25.1 Å². The number of piperidine rings is 1. The van der Waals surface area contributed by atoms with E-state index in [-0.39, 0.29) is 10.8 Å². The number of sulfonamides is 1. The summed E-state index contributed by atoms with van der Waals surface area (Å²) in [5, 5.41) is 2.78. The Hall–Kier alpha value is -2.17. The van der Waals surface area contributed by atoms with E-state index in [0.29, 0.717) is 29.8 Å². The topological polar surface area (TPSA) is 118 Å². The van der Waals surface area contributed by atoms with E-state index in [9.17, 15) is 13.2 Å². The van der Waals surface area contributed by atoms with Crippen molar-refractivity contribution < 1.29 is 13.2 Å². The Morgan fingerprint density at radius 1 is 1.17 bits per heavy atom. The van der Waals surface area contributed by atoms with Crippen LogP contribution in [-0.2, 0) is 14.8 Å². The summed E-state index contributed by atoms with van der Waals surface area (Å²) in [4.78, 5) is 21.1. The summed E-state index contributed by atoms with van der Waals surface area (Å²) >= 11 is 1.21. The molecule has 1 aliphatic rings. The zero-order valence-electron chi connectivity index (χ0n) is 16.5. The summed E-state index contributed by atoms with van der Waals surface area (Å²) < 4.78 is 26.9.